The molecular weight excluding hydrogens is 408 g/mol. The molecule has 0 bridgehead atoms. The molecule has 0 heterocycles. The monoisotopic (exact) mass is 442 g/mol. The van der Waals surface area contributed by atoms with Crippen molar-refractivity contribution in [2.45, 2.75) is 52.1 Å². The van der Waals surface area contributed by atoms with Crippen LogP contribution in [0.3, 0.4) is 0 Å². The first-order chi connectivity index (χ1) is 16.0. The Morgan fingerprint density at radius 2 is 1.52 bits per heavy atom. The van der Waals surface area contributed by atoms with Crippen LogP contribution in [0, 0.1) is 6.92 Å². The lowest BCUT2D eigenvalue weighted by molar-refractivity contribution is -0.141. The van der Waals surface area contributed by atoms with E-state index >= 15 is 0 Å². The molecule has 0 fully saturated rings. The summed E-state index contributed by atoms with van der Waals surface area (Å²) in [4.78, 5) is 28.2. The quantitative estimate of drug-likeness (QED) is 0.487. The number of rotatable bonds is 10. The van der Waals surface area contributed by atoms with Crippen LogP contribution < -0.4 is 5.32 Å². The molecule has 0 spiro atoms. The highest BCUT2D eigenvalue weighted by atomic mass is 16.2. The molecule has 0 saturated heterocycles. The molecule has 172 valence electrons. The number of amides is 2. The number of hydrogen-bond acceptors (Lipinski definition) is 2. The Labute approximate surface area is 197 Å². The van der Waals surface area contributed by atoms with Crippen molar-refractivity contribution >= 4 is 11.8 Å². The Morgan fingerprint density at radius 3 is 2.15 bits per heavy atom. The smallest absolute Gasteiger partial charge is 0.242 e. The van der Waals surface area contributed by atoms with Crippen molar-refractivity contribution in [3.05, 3.63) is 107 Å². The van der Waals surface area contributed by atoms with Crippen molar-refractivity contribution in [2.75, 3.05) is 7.05 Å². The minimum atomic E-state index is -0.576. The van der Waals surface area contributed by atoms with Crippen molar-refractivity contribution in [1.29, 1.82) is 0 Å². The molecular formula is C29H34N2O2. The predicted molar refractivity (Wildman–Crippen MR) is 134 cm³/mol. The van der Waals surface area contributed by atoms with Crippen LogP contribution in [0.5, 0.6) is 0 Å². The van der Waals surface area contributed by atoms with Gasteiger partial charge in [-0.2, -0.15) is 0 Å². The maximum Gasteiger partial charge on any atom is 0.242 e. The third-order valence-electron chi connectivity index (χ3n) is 6.01. The van der Waals surface area contributed by atoms with Gasteiger partial charge in [-0.05, 0) is 42.0 Å². The number of likely N-dealkylation sites (N-methyl/N-ethyl adjacent to an activating group) is 1. The maximum absolute atomic E-state index is 13.5. The first-order valence-corrected chi connectivity index (χ1v) is 11.7. The summed E-state index contributed by atoms with van der Waals surface area (Å²) >= 11 is 0. The number of carbonyl (C=O) groups is 2. The molecule has 4 heteroatoms. The Balaban J connectivity index is 1.85. The van der Waals surface area contributed by atoms with Gasteiger partial charge in [0, 0.05) is 26.4 Å². The van der Waals surface area contributed by atoms with E-state index in [0.717, 1.165) is 28.7 Å². The largest absolute Gasteiger partial charge is 0.357 e. The summed E-state index contributed by atoms with van der Waals surface area (Å²) in [6.45, 7) is 4.57. The van der Waals surface area contributed by atoms with Gasteiger partial charge in [0.15, 0.2) is 0 Å². The molecule has 3 aromatic rings. The van der Waals surface area contributed by atoms with Crippen molar-refractivity contribution < 1.29 is 9.59 Å². The zero-order valence-electron chi connectivity index (χ0n) is 19.9. The third-order valence-corrected chi connectivity index (χ3v) is 6.01. The minimum absolute atomic E-state index is 0.0133. The molecule has 3 rings (SSSR count). The van der Waals surface area contributed by atoms with Gasteiger partial charge in [0.05, 0.1) is 0 Å². The zero-order chi connectivity index (χ0) is 23.6. The molecule has 0 radical (unpaired) electrons. The van der Waals surface area contributed by atoms with Crippen LogP contribution in [0.1, 0.15) is 41.2 Å². The normalized spacial score (nSPS) is 11.6. The van der Waals surface area contributed by atoms with Gasteiger partial charge < -0.3 is 10.2 Å². The van der Waals surface area contributed by atoms with Gasteiger partial charge in [-0.25, -0.2) is 0 Å². The molecule has 2 amide bonds. The SMILES string of the molecule is CCc1ccc(CCC(=O)N(Cc2cccc(C)c2)[C@H](Cc2ccccc2)C(=O)NC)cc1. The van der Waals surface area contributed by atoms with E-state index in [1.165, 1.54) is 5.56 Å². The second kappa shape index (κ2) is 12.0. The number of nitrogens with zero attached hydrogens (tertiary/aromatic N) is 1. The number of hydrogen-bond donors (Lipinski definition) is 1. The molecule has 0 saturated carbocycles. The van der Waals surface area contributed by atoms with Crippen molar-refractivity contribution in [1.82, 2.24) is 10.2 Å². The lowest BCUT2D eigenvalue weighted by Gasteiger charge is -2.31. The average Bonchev–Trinajstić information content (AvgIpc) is 2.85. The van der Waals surface area contributed by atoms with Gasteiger partial charge in [-0.1, -0.05) is 91.3 Å². The molecule has 3 aromatic carbocycles. The van der Waals surface area contributed by atoms with E-state index in [-0.39, 0.29) is 11.8 Å². The molecule has 1 N–H and O–H groups in total. The van der Waals surface area contributed by atoms with E-state index in [1.807, 2.05) is 55.5 Å². The zero-order valence-corrected chi connectivity index (χ0v) is 19.9. The van der Waals surface area contributed by atoms with Crippen LogP contribution in [-0.2, 0) is 35.4 Å². The van der Waals surface area contributed by atoms with E-state index in [4.69, 9.17) is 0 Å². The Hall–Kier alpha value is -3.40. The molecule has 4 nitrogen and oxygen atoms in total. The summed E-state index contributed by atoms with van der Waals surface area (Å²) in [5, 5.41) is 2.77. The van der Waals surface area contributed by atoms with Gasteiger partial charge in [0.2, 0.25) is 11.8 Å². The van der Waals surface area contributed by atoms with Crippen LogP contribution in [0.25, 0.3) is 0 Å². The van der Waals surface area contributed by atoms with Gasteiger partial charge in [0.1, 0.15) is 6.04 Å². The fourth-order valence-electron chi connectivity index (χ4n) is 4.06. The van der Waals surface area contributed by atoms with Crippen molar-refractivity contribution in [2.24, 2.45) is 0 Å². The maximum atomic E-state index is 13.5. The Bertz CT molecular complexity index is 1040. The molecule has 0 unspecified atom stereocenters. The molecule has 33 heavy (non-hydrogen) atoms. The highest BCUT2D eigenvalue weighted by Crippen LogP contribution is 2.18. The van der Waals surface area contributed by atoms with E-state index in [9.17, 15) is 9.59 Å². The van der Waals surface area contributed by atoms with E-state index in [2.05, 4.69) is 42.6 Å². The average molecular weight is 443 g/mol. The Kier molecular flexibility index (Phi) is 8.82. The number of aryl methyl sites for hydroxylation is 3. The van der Waals surface area contributed by atoms with E-state index < -0.39 is 6.04 Å². The van der Waals surface area contributed by atoms with Gasteiger partial charge >= 0.3 is 0 Å². The number of benzene rings is 3. The summed E-state index contributed by atoms with van der Waals surface area (Å²) < 4.78 is 0. The van der Waals surface area contributed by atoms with Gasteiger partial charge in [0.25, 0.3) is 0 Å². The Morgan fingerprint density at radius 1 is 0.848 bits per heavy atom. The molecule has 0 aromatic heterocycles. The molecule has 1 atom stereocenters. The second-order valence-corrected chi connectivity index (χ2v) is 8.50. The topological polar surface area (TPSA) is 49.4 Å². The van der Waals surface area contributed by atoms with Crippen LogP contribution in [0.4, 0.5) is 0 Å². The van der Waals surface area contributed by atoms with Gasteiger partial charge in [-0.15, -0.1) is 0 Å². The molecule has 0 aliphatic heterocycles. The summed E-state index contributed by atoms with van der Waals surface area (Å²) in [5.74, 6) is -0.159. The summed E-state index contributed by atoms with van der Waals surface area (Å²) in [6.07, 6.45) is 2.48. The summed E-state index contributed by atoms with van der Waals surface area (Å²) in [7, 11) is 1.63. The lowest BCUT2D eigenvalue weighted by atomic mass is 10.0. The summed E-state index contributed by atoms with van der Waals surface area (Å²) in [5.41, 5.74) is 5.61. The number of nitrogens with one attached hydrogen (secondary N) is 1. The number of carbonyl (C=O) groups excluding carboxylic acids is 2. The van der Waals surface area contributed by atoms with Crippen molar-refractivity contribution in [3.63, 3.8) is 0 Å². The molecule has 0 aliphatic carbocycles. The minimum Gasteiger partial charge on any atom is -0.357 e. The van der Waals surface area contributed by atoms with Gasteiger partial charge in [-0.3, -0.25) is 9.59 Å². The van der Waals surface area contributed by atoms with Crippen LogP contribution in [-0.4, -0.2) is 29.8 Å². The fraction of sp³-hybridized carbons (Fsp3) is 0.310. The van der Waals surface area contributed by atoms with E-state index in [0.29, 0.717) is 25.8 Å². The van der Waals surface area contributed by atoms with Crippen molar-refractivity contribution in [3.8, 4) is 0 Å². The predicted octanol–water partition coefficient (Wildman–Crippen LogP) is 4.88. The van der Waals surface area contributed by atoms with Crippen LogP contribution >= 0.6 is 0 Å². The first kappa shape index (κ1) is 24.2. The third kappa shape index (κ3) is 7.04. The standard InChI is InChI=1S/C29H34N2O2/c1-4-23-13-15-24(16-14-23)17-18-28(32)31(21-26-12-8-9-22(2)19-26)27(29(33)30-3)20-25-10-6-5-7-11-25/h5-16,19,27H,4,17-18,20-21H2,1-3H3,(H,30,33)/t27-/m1/s1. The van der Waals surface area contributed by atoms with E-state index in [1.54, 1.807) is 11.9 Å². The highest BCUT2D eigenvalue weighted by molar-refractivity contribution is 5.88. The highest BCUT2D eigenvalue weighted by Gasteiger charge is 2.29. The fourth-order valence-corrected chi connectivity index (χ4v) is 4.06. The lowest BCUT2D eigenvalue weighted by Crippen LogP contribution is -2.49. The second-order valence-electron chi connectivity index (χ2n) is 8.50. The first-order valence-electron chi connectivity index (χ1n) is 11.7. The summed E-state index contributed by atoms with van der Waals surface area (Å²) in [6, 6.07) is 25.9. The van der Waals surface area contributed by atoms with Crippen LogP contribution in [0.2, 0.25) is 0 Å². The van der Waals surface area contributed by atoms with Crippen LogP contribution in [0.15, 0.2) is 78.9 Å². The molecule has 0 aliphatic rings.